The summed E-state index contributed by atoms with van der Waals surface area (Å²) in [5.41, 5.74) is 2.05. The fourth-order valence-corrected chi connectivity index (χ4v) is 3.25. The van der Waals surface area contributed by atoms with Crippen LogP contribution < -0.4 is 20.1 Å². The highest BCUT2D eigenvalue weighted by Crippen LogP contribution is 2.40. The van der Waals surface area contributed by atoms with Gasteiger partial charge in [0.25, 0.3) is 5.91 Å². The molecule has 1 amide bonds. The zero-order valence-electron chi connectivity index (χ0n) is 15.3. The van der Waals surface area contributed by atoms with Crippen LogP contribution in [0.3, 0.4) is 0 Å². The number of aromatic amines is 1. The Morgan fingerprint density at radius 2 is 1.97 bits per heavy atom. The molecule has 0 spiro atoms. The number of fused-ring (bicyclic) bond motifs is 2. The Morgan fingerprint density at radius 3 is 2.79 bits per heavy atom. The van der Waals surface area contributed by atoms with Gasteiger partial charge in [-0.15, -0.1) is 0 Å². The third-order valence-corrected chi connectivity index (χ3v) is 4.60. The molecule has 29 heavy (non-hydrogen) atoms. The summed E-state index contributed by atoms with van der Waals surface area (Å²) in [5, 5.41) is 16.0. The largest absolute Gasteiger partial charge is 0.489 e. The summed E-state index contributed by atoms with van der Waals surface area (Å²) in [6, 6.07) is 10.3. The van der Waals surface area contributed by atoms with Crippen molar-refractivity contribution in [3.8, 4) is 11.5 Å². The number of halogens is 1. The fraction of sp³-hybridized carbons (Fsp3) is 0.200. The molecule has 4 rings (SSSR count). The molecular formula is C20H18ClN3O5. The average molecular weight is 416 g/mol. The Morgan fingerprint density at radius 1 is 1.14 bits per heavy atom. The van der Waals surface area contributed by atoms with Gasteiger partial charge in [-0.1, -0.05) is 11.6 Å². The van der Waals surface area contributed by atoms with Crippen LogP contribution in [0.25, 0.3) is 10.9 Å². The molecule has 2 aromatic carbocycles. The van der Waals surface area contributed by atoms with Crippen LogP contribution in [0.2, 0.25) is 5.02 Å². The molecule has 0 radical (unpaired) electrons. The van der Waals surface area contributed by atoms with E-state index in [4.69, 9.17) is 26.2 Å². The zero-order valence-corrected chi connectivity index (χ0v) is 16.0. The van der Waals surface area contributed by atoms with E-state index in [0.717, 1.165) is 10.9 Å². The molecule has 0 fully saturated rings. The summed E-state index contributed by atoms with van der Waals surface area (Å²) in [6.45, 7) is 0.625. The number of rotatable bonds is 5. The summed E-state index contributed by atoms with van der Waals surface area (Å²) < 4.78 is 11.4. The number of H-pyrrole nitrogens is 1. The minimum absolute atomic E-state index is 0.296. The molecule has 0 atom stereocenters. The van der Waals surface area contributed by atoms with E-state index in [-0.39, 0.29) is 12.5 Å². The Labute approximate surface area is 170 Å². The van der Waals surface area contributed by atoms with Crippen molar-refractivity contribution in [1.82, 2.24) is 4.98 Å². The maximum atomic E-state index is 12.7. The van der Waals surface area contributed by atoms with Crippen molar-refractivity contribution in [2.75, 3.05) is 30.4 Å². The van der Waals surface area contributed by atoms with Crippen LogP contribution >= 0.6 is 11.6 Å². The van der Waals surface area contributed by atoms with Crippen LogP contribution in [-0.2, 0) is 4.79 Å². The van der Waals surface area contributed by atoms with Gasteiger partial charge in [0.05, 0.1) is 18.9 Å². The lowest BCUT2D eigenvalue weighted by Crippen LogP contribution is -2.15. The fourth-order valence-electron chi connectivity index (χ4n) is 3.07. The van der Waals surface area contributed by atoms with Crippen molar-refractivity contribution < 1.29 is 24.2 Å². The summed E-state index contributed by atoms with van der Waals surface area (Å²) >= 11 is 6.00. The number of carboxylic acids is 1. The summed E-state index contributed by atoms with van der Waals surface area (Å²) in [7, 11) is 0. The first-order valence-electron chi connectivity index (χ1n) is 8.98. The van der Waals surface area contributed by atoms with Crippen LogP contribution in [-0.4, -0.2) is 41.7 Å². The molecule has 0 saturated heterocycles. The standard InChI is InChI=1S/C20H18ClN3O5/c21-12-2-3-14-11(6-12)7-16(24-14)20(27)23-13-8-15(22-10-18(25)26)19-17(9-13)28-4-1-5-29-19/h2-3,6-9,22,24H,1,4-5,10H2,(H,23,27)(H,25,26). The molecule has 0 aliphatic carbocycles. The van der Waals surface area contributed by atoms with Crippen molar-refractivity contribution >= 4 is 45.8 Å². The van der Waals surface area contributed by atoms with Gasteiger partial charge in [0.2, 0.25) is 0 Å². The number of anilines is 2. The van der Waals surface area contributed by atoms with E-state index < -0.39 is 5.97 Å². The van der Waals surface area contributed by atoms with E-state index in [1.807, 2.05) is 0 Å². The minimum atomic E-state index is -1.01. The van der Waals surface area contributed by atoms with E-state index in [0.29, 0.717) is 53.2 Å². The van der Waals surface area contributed by atoms with Gasteiger partial charge >= 0.3 is 5.97 Å². The van der Waals surface area contributed by atoms with E-state index >= 15 is 0 Å². The lowest BCUT2D eigenvalue weighted by Gasteiger charge is -2.16. The number of hydrogen-bond donors (Lipinski definition) is 4. The van der Waals surface area contributed by atoms with Crippen molar-refractivity contribution in [2.24, 2.45) is 0 Å². The van der Waals surface area contributed by atoms with Gasteiger partial charge in [0.15, 0.2) is 11.5 Å². The third kappa shape index (κ3) is 4.22. The lowest BCUT2D eigenvalue weighted by atomic mass is 10.2. The van der Waals surface area contributed by atoms with Gasteiger partial charge in [-0.2, -0.15) is 0 Å². The van der Waals surface area contributed by atoms with E-state index in [1.165, 1.54) is 0 Å². The molecule has 3 aromatic rings. The third-order valence-electron chi connectivity index (χ3n) is 4.36. The van der Waals surface area contributed by atoms with E-state index in [2.05, 4.69) is 15.6 Å². The summed E-state index contributed by atoms with van der Waals surface area (Å²) in [6.07, 6.45) is 0.701. The monoisotopic (exact) mass is 415 g/mol. The molecule has 1 aliphatic heterocycles. The van der Waals surface area contributed by atoms with Crippen molar-refractivity contribution in [3.63, 3.8) is 0 Å². The van der Waals surface area contributed by atoms with Gasteiger partial charge in [0, 0.05) is 34.1 Å². The summed E-state index contributed by atoms with van der Waals surface area (Å²) in [4.78, 5) is 26.7. The molecule has 4 N–H and O–H groups in total. The van der Waals surface area contributed by atoms with Crippen LogP contribution in [0.4, 0.5) is 11.4 Å². The molecule has 1 aromatic heterocycles. The predicted octanol–water partition coefficient (Wildman–Crippen LogP) is 3.73. The molecule has 2 heterocycles. The second kappa shape index (κ2) is 7.92. The highest BCUT2D eigenvalue weighted by Gasteiger charge is 2.19. The normalized spacial score (nSPS) is 13.0. The number of nitrogens with one attached hydrogen (secondary N) is 3. The highest BCUT2D eigenvalue weighted by molar-refractivity contribution is 6.31. The molecule has 9 heteroatoms. The van der Waals surface area contributed by atoms with Gasteiger partial charge in [-0.25, -0.2) is 0 Å². The predicted molar refractivity (Wildman–Crippen MR) is 109 cm³/mol. The van der Waals surface area contributed by atoms with Crippen LogP contribution in [0, 0.1) is 0 Å². The number of carboxylic acid groups (broad SMARTS) is 1. The SMILES string of the molecule is O=C(O)CNc1cc(NC(=O)c2cc3cc(Cl)ccc3[nH]2)cc2c1OCCCO2. The van der Waals surface area contributed by atoms with Gasteiger partial charge < -0.3 is 30.2 Å². The van der Waals surface area contributed by atoms with E-state index in [9.17, 15) is 9.59 Å². The molecular weight excluding hydrogens is 398 g/mol. The molecule has 150 valence electrons. The van der Waals surface area contributed by atoms with Crippen molar-refractivity contribution in [1.29, 1.82) is 0 Å². The maximum Gasteiger partial charge on any atom is 0.322 e. The second-order valence-corrected chi connectivity index (χ2v) is 6.95. The molecule has 1 aliphatic rings. The number of aliphatic carboxylic acids is 1. The molecule has 0 saturated carbocycles. The average Bonchev–Trinajstić information content (AvgIpc) is 2.96. The van der Waals surface area contributed by atoms with Gasteiger partial charge in [-0.05, 0) is 30.3 Å². The lowest BCUT2D eigenvalue weighted by molar-refractivity contribution is -0.134. The van der Waals surface area contributed by atoms with Crippen molar-refractivity contribution in [2.45, 2.75) is 6.42 Å². The van der Waals surface area contributed by atoms with Gasteiger partial charge in [0.1, 0.15) is 12.2 Å². The Balaban J connectivity index is 1.62. The zero-order chi connectivity index (χ0) is 20.4. The van der Waals surface area contributed by atoms with Gasteiger partial charge in [-0.3, -0.25) is 9.59 Å². The molecule has 8 nitrogen and oxygen atoms in total. The number of carbonyl (C=O) groups excluding carboxylic acids is 1. The first kappa shape index (κ1) is 18.9. The second-order valence-electron chi connectivity index (χ2n) is 6.52. The first-order valence-corrected chi connectivity index (χ1v) is 9.36. The quantitative estimate of drug-likeness (QED) is 0.505. The number of ether oxygens (including phenoxy) is 2. The number of carbonyl (C=O) groups is 2. The number of benzene rings is 2. The minimum Gasteiger partial charge on any atom is -0.489 e. The maximum absolute atomic E-state index is 12.7. The first-order chi connectivity index (χ1) is 14.0. The van der Waals surface area contributed by atoms with E-state index in [1.54, 1.807) is 36.4 Å². The van der Waals surface area contributed by atoms with Crippen molar-refractivity contribution in [3.05, 3.63) is 47.1 Å². The number of amides is 1. The number of hydrogen-bond acceptors (Lipinski definition) is 5. The highest BCUT2D eigenvalue weighted by atomic mass is 35.5. The van der Waals surface area contributed by atoms with Crippen LogP contribution in [0.5, 0.6) is 11.5 Å². The van der Waals surface area contributed by atoms with Crippen LogP contribution in [0.1, 0.15) is 16.9 Å². The Bertz CT molecular complexity index is 1100. The smallest absolute Gasteiger partial charge is 0.322 e. The molecule has 0 unspecified atom stereocenters. The number of aromatic nitrogens is 1. The topological polar surface area (TPSA) is 113 Å². The Hall–Kier alpha value is -3.39. The molecule has 0 bridgehead atoms. The Kier molecular flexibility index (Phi) is 5.18. The van der Waals surface area contributed by atoms with Crippen LogP contribution in [0.15, 0.2) is 36.4 Å². The summed E-state index contributed by atoms with van der Waals surface area (Å²) in [5.74, 6) is -0.492.